The third kappa shape index (κ3) is 8.67. The van der Waals surface area contributed by atoms with E-state index in [-0.39, 0.29) is 48.8 Å². The molecule has 0 spiro atoms. The van der Waals surface area contributed by atoms with Crippen LogP contribution in [0, 0.1) is 5.92 Å². The standard InChI is InChI=1S/C16H28N2O4/c1-6-12(2)16(22)18(11-15(5)21)8-7-17(9-13(3)19)10-14(4)20/h12H,6-11H2,1-5H3. The zero-order valence-corrected chi connectivity index (χ0v) is 14.3. The quantitative estimate of drug-likeness (QED) is 0.567. The zero-order valence-electron chi connectivity index (χ0n) is 14.3. The lowest BCUT2D eigenvalue weighted by Gasteiger charge is -2.28. The molecule has 0 aliphatic heterocycles. The van der Waals surface area contributed by atoms with Crippen LogP contribution in [-0.4, -0.2) is 65.8 Å². The molecule has 0 aliphatic rings. The highest BCUT2D eigenvalue weighted by molar-refractivity contribution is 5.85. The van der Waals surface area contributed by atoms with Crippen LogP contribution in [0.25, 0.3) is 0 Å². The van der Waals surface area contributed by atoms with E-state index in [9.17, 15) is 19.2 Å². The van der Waals surface area contributed by atoms with Crippen molar-refractivity contribution < 1.29 is 19.2 Å². The average Bonchev–Trinajstić information content (AvgIpc) is 2.39. The first kappa shape index (κ1) is 20.4. The summed E-state index contributed by atoms with van der Waals surface area (Å²) in [6.07, 6.45) is 0.706. The van der Waals surface area contributed by atoms with Crippen molar-refractivity contribution in [1.29, 1.82) is 0 Å². The fourth-order valence-corrected chi connectivity index (χ4v) is 2.13. The van der Waals surface area contributed by atoms with E-state index in [1.807, 2.05) is 13.8 Å². The third-order valence-electron chi connectivity index (χ3n) is 3.34. The molecule has 0 saturated carbocycles. The second-order valence-corrected chi connectivity index (χ2v) is 5.89. The summed E-state index contributed by atoms with van der Waals surface area (Å²) in [5, 5.41) is 0. The Labute approximate surface area is 132 Å². The van der Waals surface area contributed by atoms with Crippen molar-refractivity contribution in [2.75, 3.05) is 32.7 Å². The van der Waals surface area contributed by atoms with Gasteiger partial charge in [-0.3, -0.25) is 24.1 Å². The number of carbonyl (C=O) groups excluding carboxylic acids is 4. The van der Waals surface area contributed by atoms with Crippen molar-refractivity contribution in [2.45, 2.75) is 41.0 Å². The van der Waals surface area contributed by atoms with Crippen LogP contribution in [-0.2, 0) is 19.2 Å². The van der Waals surface area contributed by atoms with E-state index < -0.39 is 0 Å². The Morgan fingerprint density at radius 1 is 0.818 bits per heavy atom. The summed E-state index contributed by atoms with van der Waals surface area (Å²) in [5.74, 6) is -0.363. The maximum atomic E-state index is 12.3. The summed E-state index contributed by atoms with van der Waals surface area (Å²) in [6.45, 7) is 9.27. The number of ketones is 3. The van der Waals surface area contributed by atoms with Gasteiger partial charge in [0.05, 0.1) is 19.6 Å². The lowest BCUT2D eigenvalue weighted by molar-refractivity contribution is -0.138. The van der Waals surface area contributed by atoms with E-state index in [0.717, 1.165) is 0 Å². The molecule has 0 aliphatic carbocycles. The summed E-state index contributed by atoms with van der Waals surface area (Å²) in [6, 6.07) is 0. The van der Waals surface area contributed by atoms with Gasteiger partial charge in [0.1, 0.15) is 17.3 Å². The van der Waals surface area contributed by atoms with Crippen molar-refractivity contribution >= 4 is 23.3 Å². The first-order chi connectivity index (χ1) is 10.2. The van der Waals surface area contributed by atoms with Crippen LogP contribution in [0.2, 0.25) is 0 Å². The van der Waals surface area contributed by atoms with Gasteiger partial charge >= 0.3 is 0 Å². The molecule has 0 aromatic heterocycles. The number of hydrogen-bond acceptors (Lipinski definition) is 5. The van der Waals surface area contributed by atoms with Crippen LogP contribution >= 0.6 is 0 Å². The number of rotatable bonds is 11. The smallest absolute Gasteiger partial charge is 0.225 e. The Hall–Kier alpha value is -1.56. The maximum absolute atomic E-state index is 12.3. The minimum atomic E-state index is -0.145. The molecule has 0 saturated heterocycles. The monoisotopic (exact) mass is 312 g/mol. The summed E-state index contributed by atoms with van der Waals surface area (Å²) < 4.78 is 0. The molecule has 0 N–H and O–H groups in total. The lowest BCUT2D eigenvalue weighted by Crippen LogP contribution is -2.44. The Morgan fingerprint density at radius 2 is 1.27 bits per heavy atom. The van der Waals surface area contributed by atoms with Gasteiger partial charge < -0.3 is 4.90 Å². The van der Waals surface area contributed by atoms with Crippen LogP contribution in [0.3, 0.4) is 0 Å². The fraction of sp³-hybridized carbons (Fsp3) is 0.750. The first-order valence-electron chi connectivity index (χ1n) is 7.66. The van der Waals surface area contributed by atoms with Crippen LogP contribution in [0.1, 0.15) is 41.0 Å². The van der Waals surface area contributed by atoms with Crippen molar-refractivity contribution in [3.63, 3.8) is 0 Å². The zero-order chi connectivity index (χ0) is 17.3. The van der Waals surface area contributed by atoms with Crippen molar-refractivity contribution in [1.82, 2.24) is 9.80 Å². The normalized spacial score (nSPS) is 12.1. The molecule has 0 bridgehead atoms. The number of carbonyl (C=O) groups is 4. The summed E-state index contributed by atoms with van der Waals surface area (Å²) in [4.78, 5) is 49.4. The topological polar surface area (TPSA) is 74.8 Å². The predicted octanol–water partition coefficient (Wildman–Crippen LogP) is 0.930. The largest absolute Gasteiger partial charge is 0.334 e. The van der Waals surface area contributed by atoms with Gasteiger partial charge in [0.2, 0.25) is 5.91 Å². The number of Topliss-reactive ketones (excluding diaryl/α,β-unsaturated/α-hetero) is 3. The molecule has 0 fully saturated rings. The molecule has 6 heteroatoms. The molecule has 0 heterocycles. The molecule has 0 radical (unpaired) electrons. The van der Waals surface area contributed by atoms with Crippen molar-refractivity contribution in [2.24, 2.45) is 5.92 Å². The molecule has 1 amide bonds. The highest BCUT2D eigenvalue weighted by atomic mass is 16.2. The molecule has 0 aromatic rings. The molecule has 0 rings (SSSR count). The van der Waals surface area contributed by atoms with Gasteiger partial charge in [0, 0.05) is 19.0 Å². The lowest BCUT2D eigenvalue weighted by atomic mass is 10.1. The Bertz CT molecular complexity index is 404. The Morgan fingerprint density at radius 3 is 1.64 bits per heavy atom. The SMILES string of the molecule is CCC(C)C(=O)N(CCN(CC(C)=O)CC(C)=O)CC(C)=O. The second-order valence-electron chi connectivity index (χ2n) is 5.89. The van der Waals surface area contributed by atoms with Crippen molar-refractivity contribution in [3.05, 3.63) is 0 Å². The van der Waals surface area contributed by atoms with Crippen LogP contribution in [0.4, 0.5) is 0 Å². The van der Waals surface area contributed by atoms with E-state index in [1.54, 1.807) is 4.90 Å². The van der Waals surface area contributed by atoms with Crippen molar-refractivity contribution in [3.8, 4) is 0 Å². The summed E-state index contributed by atoms with van der Waals surface area (Å²) >= 11 is 0. The molecular weight excluding hydrogens is 284 g/mol. The number of amides is 1. The molecule has 126 valence electrons. The summed E-state index contributed by atoms with van der Waals surface area (Å²) in [7, 11) is 0. The van der Waals surface area contributed by atoms with Gasteiger partial charge in [-0.1, -0.05) is 13.8 Å². The maximum Gasteiger partial charge on any atom is 0.225 e. The van der Waals surface area contributed by atoms with E-state index >= 15 is 0 Å². The highest BCUT2D eigenvalue weighted by Crippen LogP contribution is 2.07. The summed E-state index contributed by atoms with van der Waals surface area (Å²) in [5.41, 5.74) is 0. The van der Waals surface area contributed by atoms with Gasteiger partial charge in [-0.05, 0) is 27.2 Å². The molecule has 1 atom stereocenters. The minimum Gasteiger partial charge on any atom is -0.334 e. The Balaban J connectivity index is 4.81. The minimum absolute atomic E-state index is 0.0346. The molecule has 22 heavy (non-hydrogen) atoms. The van der Waals surface area contributed by atoms with E-state index in [0.29, 0.717) is 19.5 Å². The fourth-order valence-electron chi connectivity index (χ4n) is 2.13. The highest BCUT2D eigenvalue weighted by Gasteiger charge is 2.21. The van der Waals surface area contributed by atoms with Gasteiger partial charge in [-0.25, -0.2) is 0 Å². The van der Waals surface area contributed by atoms with Gasteiger partial charge in [-0.2, -0.15) is 0 Å². The average molecular weight is 312 g/mol. The van der Waals surface area contributed by atoms with Crippen LogP contribution < -0.4 is 0 Å². The molecule has 0 aromatic carbocycles. The van der Waals surface area contributed by atoms with E-state index in [2.05, 4.69) is 0 Å². The molecule has 6 nitrogen and oxygen atoms in total. The molecule has 1 unspecified atom stereocenters. The van der Waals surface area contributed by atoms with Crippen LogP contribution in [0.15, 0.2) is 0 Å². The van der Waals surface area contributed by atoms with Gasteiger partial charge in [-0.15, -0.1) is 0 Å². The first-order valence-corrected chi connectivity index (χ1v) is 7.66. The predicted molar refractivity (Wildman–Crippen MR) is 84.5 cm³/mol. The second kappa shape index (κ2) is 10.2. The number of hydrogen-bond donors (Lipinski definition) is 0. The van der Waals surface area contributed by atoms with E-state index in [1.165, 1.54) is 25.7 Å². The van der Waals surface area contributed by atoms with E-state index in [4.69, 9.17) is 0 Å². The van der Waals surface area contributed by atoms with Gasteiger partial charge in [0.15, 0.2) is 0 Å². The third-order valence-corrected chi connectivity index (χ3v) is 3.34. The van der Waals surface area contributed by atoms with Crippen LogP contribution in [0.5, 0.6) is 0 Å². The Kier molecular flexibility index (Phi) is 9.49. The number of nitrogens with zero attached hydrogens (tertiary/aromatic N) is 2. The van der Waals surface area contributed by atoms with Gasteiger partial charge in [0.25, 0.3) is 0 Å². The molecular formula is C16H28N2O4.